The van der Waals surface area contributed by atoms with Crippen LogP contribution in [0.1, 0.15) is 29.5 Å². The smallest absolute Gasteiger partial charge is 0.191 e. The third-order valence-corrected chi connectivity index (χ3v) is 4.85. The van der Waals surface area contributed by atoms with Crippen LogP contribution in [0, 0.1) is 0 Å². The minimum Gasteiger partial charge on any atom is -0.380 e. The van der Waals surface area contributed by atoms with Crippen LogP contribution >= 0.6 is 0 Å². The summed E-state index contributed by atoms with van der Waals surface area (Å²) in [5.41, 5.74) is 4.12. The standard InChI is InChI=1S/C21H27N3O/c1-22-20(23-14-17-8-10-18(11-9-17)15-25-2)24-16-21(12-13-21)19-6-4-3-5-7-19/h3-11H,12-16H2,1-2H3,(H2,22,23,24). The fourth-order valence-corrected chi connectivity index (χ4v) is 3.09. The summed E-state index contributed by atoms with van der Waals surface area (Å²) < 4.78 is 5.14. The molecule has 3 rings (SSSR count). The molecule has 25 heavy (non-hydrogen) atoms. The molecule has 2 aromatic carbocycles. The third kappa shape index (κ3) is 4.60. The highest BCUT2D eigenvalue weighted by atomic mass is 16.5. The van der Waals surface area contributed by atoms with E-state index in [1.165, 1.54) is 29.5 Å². The van der Waals surface area contributed by atoms with Gasteiger partial charge in [-0.05, 0) is 29.5 Å². The Morgan fingerprint density at radius 2 is 1.68 bits per heavy atom. The molecule has 4 heteroatoms. The Balaban J connectivity index is 1.50. The Morgan fingerprint density at radius 1 is 1.00 bits per heavy atom. The van der Waals surface area contributed by atoms with Crippen molar-refractivity contribution in [1.82, 2.24) is 10.6 Å². The fourth-order valence-electron chi connectivity index (χ4n) is 3.09. The van der Waals surface area contributed by atoms with E-state index in [9.17, 15) is 0 Å². The molecule has 1 saturated carbocycles. The maximum absolute atomic E-state index is 5.14. The van der Waals surface area contributed by atoms with Crippen molar-refractivity contribution in [3.63, 3.8) is 0 Å². The maximum atomic E-state index is 5.14. The summed E-state index contributed by atoms with van der Waals surface area (Å²) >= 11 is 0. The Morgan fingerprint density at radius 3 is 2.28 bits per heavy atom. The zero-order valence-electron chi connectivity index (χ0n) is 15.1. The highest BCUT2D eigenvalue weighted by molar-refractivity contribution is 5.79. The van der Waals surface area contributed by atoms with Gasteiger partial charge in [-0.25, -0.2) is 0 Å². The van der Waals surface area contributed by atoms with Crippen molar-refractivity contribution in [2.45, 2.75) is 31.4 Å². The summed E-state index contributed by atoms with van der Waals surface area (Å²) in [6, 6.07) is 19.2. The first-order valence-electron chi connectivity index (χ1n) is 8.82. The van der Waals surface area contributed by atoms with Gasteiger partial charge in [0.2, 0.25) is 0 Å². The van der Waals surface area contributed by atoms with Gasteiger partial charge in [-0.3, -0.25) is 4.99 Å². The molecule has 1 aliphatic rings. The molecule has 0 saturated heterocycles. The molecule has 0 aliphatic heterocycles. The lowest BCUT2D eigenvalue weighted by Crippen LogP contribution is -2.40. The first kappa shape index (κ1) is 17.5. The van der Waals surface area contributed by atoms with Crippen LogP contribution in [0.2, 0.25) is 0 Å². The fraction of sp³-hybridized carbons (Fsp3) is 0.381. The largest absolute Gasteiger partial charge is 0.380 e. The van der Waals surface area contributed by atoms with Gasteiger partial charge in [-0.15, -0.1) is 0 Å². The number of hydrogen-bond donors (Lipinski definition) is 2. The topological polar surface area (TPSA) is 45.7 Å². The molecular weight excluding hydrogens is 310 g/mol. The van der Waals surface area contributed by atoms with E-state index in [4.69, 9.17) is 4.74 Å². The third-order valence-electron chi connectivity index (χ3n) is 4.85. The molecule has 4 nitrogen and oxygen atoms in total. The minimum absolute atomic E-state index is 0.278. The molecule has 0 atom stereocenters. The van der Waals surface area contributed by atoms with Crippen LogP contribution < -0.4 is 10.6 Å². The van der Waals surface area contributed by atoms with E-state index in [1.54, 1.807) is 7.11 Å². The van der Waals surface area contributed by atoms with Crippen LogP contribution in [0.15, 0.2) is 59.6 Å². The second-order valence-corrected chi connectivity index (χ2v) is 6.68. The summed E-state index contributed by atoms with van der Waals surface area (Å²) in [4.78, 5) is 4.35. The monoisotopic (exact) mass is 337 g/mol. The number of benzene rings is 2. The first-order valence-corrected chi connectivity index (χ1v) is 8.82. The van der Waals surface area contributed by atoms with Gasteiger partial charge in [0.1, 0.15) is 0 Å². The molecule has 0 unspecified atom stereocenters. The zero-order valence-corrected chi connectivity index (χ0v) is 15.1. The van der Waals surface area contributed by atoms with Gasteiger partial charge in [0, 0.05) is 32.7 Å². The van der Waals surface area contributed by atoms with Crippen LogP contribution in [-0.2, 0) is 23.3 Å². The van der Waals surface area contributed by atoms with Crippen molar-refractivity contribution in [3.8, 4) is 0 Å². The molecule has 2 aromatic rings. The van der Waals surface area contributed by atoms with Crippen molar-refractivity contribution < 1.29 is 4.74 Å². The maximum Gasteiger partial charge on any atom is 0.191 e. The second kappa shape index (κ2) is 8.17. The molecule has 0 amide bonds. The van der Waals surface area contributed by atoms with Crippen molar-refractivity contribution in [1.29, 1.82) is 0 Å². The van der Waals surface area contributed by atoms with Crippen LogP contribution in [-0.4, -0.2) is 26.7 Å². The summed E-state index contributed by atoms with van der Waals surface area (Å²) in [6.07, 6.45) is 2.48. The molecule has 0 aromatic heterocycles. The molecule has 2 N–H and O–H groups in total. The van der Waals surface area contributed by atoms with Crippen LogP contribution in [0.5, 0.6) is 0 Å². The van der Waals surface area contributed by atoms with E-state index in [0.29, 0.717) is 6.61 Å². The Kier molecular flexibility index (Phi) is 5.71. The number of nitrogens with zero attached hydrogens (tertiary/aromatic N) is 1. The number of hydrogen-bond acceptors (Lipinski definition) is 2. The minimum atomic E-state index is 0.278. The second-order valence-electron chi connectivity index (χ2n) is 6.68. The van der Waals surface area contributed by atoms with Crippen molar-refractivity contribution in [3.05, 3.63) is 71.3 Å². The van der Waals surface area contributed by atoms with Crippen molar-refractivity contribution in [2.24, 2.45) is 4.99 Å². The number of methoxy groups -OCH3 is 1. The lowest BCUT2D eigenvalue weighted by Gasteiger charge is -2.19. The van der Waals surface area contributed by atoms with Crippen molar-refractivity contribution >= 4 is 5.96 Å². The Bertz CT molecular complexity index is 691. The van der Waals surface area contributed by atoms with Gasteiger partial charge >= 0.3 is 0 Å². The predicted octanol–water partition coefficient (Wildman–Crippen LogP) is 3.23. The molecule has 1 fully saturated rings. The number of ether oxygens (including phenoxy) is 1. The van der Waals surface area contributed by atoms with E-state index in [1.807, 2.05) is 7.05 Å². The molecule has 0 radical (unpaired) electrons. The van der Waals surface area contributed by atoms with E-state index >= 15 is 0 Å². The van der Waals surface area contributed by atoms with E-state index in [-0.39, 0.29) is 5.41 Å². The SMILES string of the molecule is CN=C(NCc1ccc(COC)cc1)NCC1(c2ccccc2)CC1. The molecular formula is C21H27N3O. The van der Waals surface area contributed by atoms with Gasteiger partial charge in [0.25, 0.3) is 0 Å². The molecule has 0 heterocycles. The van der Waals surface area contributed by atoms with Gasteiger partial charge in [-0.1, -0.05) is 54.6 Å². The quantitative estimate of drug-likeness (QED) is 0.602. The summed E-state index contributed by atoms with van der Waals surface area (Å²) in [5.74, 6) is 0.850. The lowest BCUT2D eigenvalue weighted by molar-refractivity contribution is 0.185. The summed E-state index contributed by atoms with van der Waals surface area (Å²) in [5, 5.41) is 6.89. The molecule has 0 bridgehead atoms. The average molecular weight is 337 g/mol. The van der Waals surface area contributed by atoms with Gasteiger partial charge in [-0.2, -0.15) is 0 Å². The first-order chi connectivity index (χ1) is 12.3. The molecule has 132 valence electrons. The summed E-state index contributed by atoms with van der Waals surface area (Å²) in [6.45, 7) is 2.33. The van der Waals surface area contributed by atoms with Crippen molar-refractivity contribution in [2.75, 3.05) is 20.7 Å². The number of aliphatic imine (C=N–C) groups is 1. The van der Waals surface area contributed by atoms with Crippen LogP contribution in [0.3, 0.4) is 0 Å². The highest BCUT2D eigenvalue weighted by Crippen LogP contribution is 2.47. The van der Waals surface area contributed by atoms with Gasteiger partial charge in [0.05, 0.1) is 6.61 Å². The molecule has 1 aliphatic carbocycles. The number of nitrogens with one attached hydrogen (secondary N) is 2. The molecule has 0 spiro atoms. The normalized spacial score (nSPS) is 15.7. The van der Waals surface area contributed by atoms with E-state index < -0.39 is 0 Å². The number of rotatable bonds is 7. The van der Waals surface area contributed by atoms with Crippen LogP contribution in [0.25, 0.3) is 0 Å². The average Bonchev–Trinajstić information content (AvgIpc) is 3.45. The zero-order chi connectivity index (χ0) is 17.5. The lowest BCUT2D eigenvalue weighted by atomic mass is 9.96. The Labute approximate surface area is 150 Å². The number of guanidine groups is 1. The van der Waals surface area contributed by atoms with Crippen LogP contribution in [0.4, 0.5) is 0 Å². The van der Waals surface area contributed by atoms with Gasteiger partial charge in [0.15, 0.2) is 5.96 Å². The van der Waals surface area contributed by atoms with E-state index in [2.05, 4.69) is 70.2 Å². The summed E-state index contributed by atoms with van der Waals surface area (Å²) in [7, 11) is 3.53. The Hall–Kier alpha value is -2.33. The van der Waals surface area contributed by atoms with E-state index in [0.717, 1.165) is 19.0 Å². The highest BCUT2D eigenvalue weighted by Gasteiger charge is 2.43. The predicted molar refractivity (Wildman–Crippen MR) is 103 cm³/mol. The van der Waals surface area contributed by atoms with Gasteiger partial charge < -0.3 is 15.4 Å².